The Kier molecular flexibility index (Phi) is 6.02. The summed E-state index contributed by atoms with van der Waals surface area (Å²) in [5.74, 6) is 0.195. The summed E-state index contributed by atoms with van der Waals surface area (Å²) in [6, 6.07) is 6.45. The Bertz CT molecular complexity index is 610. The number of likely N-dealkylation sites (tertiary alicyclic amines) is 1. The number of nitrogens with one attached hydrogen (secondary N) is 2. The molecule has 0 spiro atoms. The lowest BCUT2D eigenvalue weighted by Crippen LogP contribution is -2.48. The Labute approximate surface area is 148 Å². The van der Waals surface area contributed by atoms with E-state index < -0.39 is 0 Å². The van der Waals surface area contributed by atoms with E-state index >= 15 is 0 Å². The average molecular weight is 347 g/mol. The summed E-state index contributed by atoms with van der Waals surface area (Å²) in [6.07, 6.45) is 4.71. The fourth-order valence-electron chi connectivity index (χ4n) is 3.17. The molecule has 0 unspecified atom stereocenters. The van der Waals surface area contributed by atoms with Gasteiger partial charge in [-0.3, -0.25) is 9.59 Å². The Balaban J connectivity index is 1.34. The smallest absolute Gasteiger partial charge is 0.241 e. The van der Waals surface area contributed by atoms with Crippen molar-refractivity contribution in [2.24, 2.45) is 5.92 Å². The van der Waals surface area contributed by atoms with Crippen molar-refractivity contribution in [3.05, 3.63) is 35.6 Å². The van der Waals surface area contributed by atoms with Gasteiger partial charge in [0.2, 0.25) is 11.8 Å². The molecule has 0 bridgehead atoms. The third-order valence-corrected chi connectivity index (χ3v) is 4.93. The first-order chi connectivity index (χ1) is 12.1. The van der Waals surface area contributed by atoms with E-state index in [1.54, 1.807) is 12.1 Å². The minimum absolute atomic E-state index is 0.00825. The number of nitrogens with zero attached hydrogens (tertiary/aromatic N) is 1. The Hall–Kier alpha value is -1.95. The van der Waals surface area contributed by atoms with Crippen LogP contribution >= 0.6 is 0 Å². The summed E-state index contributed by atoms with van der Waals surface area (Å²) in [6.45, 7) is 2.59. The largest absolute Gasteiger partial charge is 0.347 e. The second kappa shape index (κ2) is 8.43. The van der Waals surface area contributed by atoms with Crippen LogP contribution in [0.4, 0.5) is 4.39 Å². The third kappa shape index (κ3) is 5.81. The van der Waals surface area contributed by atoms with Gasteiger partial charge >= 0.3 is 0 Å². The second-order valence-corrected chi connectivity index (χ2v) is 7.09. The van der Waals surface area contributed by atoms with Gasteiger partial charge < -0.3 is 15.5 Å². The van der Waals surface area contributed by atoms with E-state index in [-0.39, 0.29) is 30.6 Å². The fraction of sp³-hybridized carbons (Fsp3) is 0.579. The molecule has 0 aromatic heterocycles. The number of carbonyl (C=O) groups excluding carboxylic acids is 2. The highest BCUT2D eigenvalue weighted by molar-refractivity contribution is 5.85. The quantitative estimate of drug-likeness (QED) is 0.785. The Morgan fingerprint density at radius 2 is 1.92 bits per heavy atom. The van der Waals surface area contributed by atoms with Crippen molar-refractivity contribution >= 4 is 11.8 Å². The van der Waals surface area contributed by atoms with Gasteiger partial charge in [0.25, 0.3) is 0 Å². The van der Waals surface area contributed by atoms with Gasteiger partial charge in [0.15, 0.2) is 0 Å². The Morgan fingerprint density at radius 1 is 1.16 bits per heavy atom. The molecule has 1 aromatic rings. The number of hydrogen-bond donors (Lipinski definition) is 2. The first-order valence-electron chi connectivity index (χ1n) is 9.12. The van der Waals surface area contributed by atoms with Crippen LogP contribution in [-0.2, 0) is 16.0 Å². The van der Waals surface area contributed by atoms with Crippen LogP contribution in [-0.4, -0.2) is 48.9 Å². The van der Waals surface area contributed by atoms with Crippen molar-refractivity contribution in [2.75, 3.05) is 26.2 Å². The molecule has 2 aliphatic rings. The number of halogens is 1. The minimum atomic E-state index is -0.362. The molecule has 1 saturated heterocycles. The van der Waals surface area contributed by atoms with E-state index in [1.165, 1.54) is 25.0 Å². The lowest BCUT2D eigenvalue weighted by molar-refractivity contribution is -0.133. The summed E-state index contributed by atoms with van der Waals surface area (Å²) < 4.78 is 13.1. The molecule has 0 atom stereocenters. The van der Waals surface area contributed by atoms with Gasteiger partial charge in [-0.1, -0.05) is 12.1 Å². The van der Waals surface area contributed by atoms with E-state index in [0.29, 0.717) is 11.6 Å². The molecule has 1 aromatic carbocycles. The molecule has 3 rings (SSSR count). The van der Waals surface area contributed by atoms with Gasteiger partial charge in [-0.05, 0) is 55.8 Å². The highest BCUT2D eigenvalue weighted by Gasteiger charge is 2.25. The van der Waals surface area contributed by atoms with Crippen LogP contribution in [0.5, 0.6) is 0 Å². The highest BCUT2D eigenvalue weighted by atomic mass is 19.1. The van der Waals surface area contributed by atoms with Crippen molar-refractivity contribution in [3.8, 4) is 0 Å². The minimum Gasteiger partial charge on any atom is -0.347 e. The maximum atomic E-state index is 13.1. The van der Waals surface area contributed by atoms with Crippen LogP contribution in [0, 0.1) is 11.7 Å². The summed E-state index contributed by atoms with van der Waals surface area (Å²) in [7, 11) is 0. The first kappa shape index (κ1) is 17.9. The summed E-state index contributed by atoms with van der Waals surface area (Å²) in [4.78, 5) is 25.9. The van der Waals surface area contributed by atoms with Crippen molar-refractivity contribution in [3.63, 3.8) is 0 Å². The van der Waals surface area contributed by atoms with E-state index in [0.717, 1.165) is 38.4 Å². The molecule has 0 radical (unpaired) electrons. The standard InChI is InChI=1S/C19H26FN3O2/c20-16-3-1-2-15(10-16)11-18(24)22-13-19(25)23-8-6-17(7-9-23)21-12-14-4-5-14/h1-3,10,14,17,21H,4-9,11-13H2,(H,22,24). The lowest BCUT2D eigenvalue weighted by Gasteiger charge is -2.32. The molecule has 1 saturated carbocycles. The molecule has 1 heterocycles. The lowest BCUT2D eigenvalue weighted by atomic mass is 10.0. The van der Waals surface area contributed by atoms with E-state index in [4.69, 9.17) is 0 Å². The zero-order valence-corrected chi connectivity index (χ0v) is 14.5. The van der Waals surface area contributed by atoms with Crippen LogP contribution in [0.25, 0.3) is 0 Å². The van der Waals surface area contributed by atoms with Crippen molar-refractivity contribution in [1.29, 1.82) is 0 Å². The number of hydrogen-bond acceptors (Lipinski definition) is 3. The molecule has 1 aliphatic carbocycles. The van der Waals surface area contributed by atoms with Crippen LogP contribution in [0.2, 0.25) is 0 Å². The molecule has 6 heteroatoms. The van der Waals surface area contributed by atoms with Crippen LogP contribution in [0.3, 0.4) is 0 Å². The summed E-state index contributed by atoms with van der Waals surface area (Å²) in [5, 5.41) is 6.23. The molecule has 5 nitrogen and oxygen atoms in total. The average Bonchev–Trinajstić information content (AvgIpc) is 3.43. The number of piperidine rings is 1. The first-order valence-corrected chi connectivity index (χ1v) is 9.12. The maximum absolute atomic E-state index is 13.1. The third-order valence-electron chi connectivity index (χ3n) is 4.93. The molecular formula is C19H26FN3O2. The van der Waals surface area contributed by atoms with Gasteiger partial charge in [-0.2, -0.15) is 0 Å². The number of amides is 2. The van der Waals surface area contributed by atoms with Crippen molar-refractivity contribution < 1.29 is 14.0 Å². The summed E-state index contributed by atoms with van der Waals surface area (Å²) >= 11 is 0. The zero-order chi connectivity index (χ0) is 17.6. The number of rotatable bonds is 7. The van der Waals surface area contributed by atoms with E-state index in [2.05, 4.69) is 10.6 Å². The molecule has 2 fully saturated rings. The molecule has 136 valence electrons. The van der Waals surface area contributed by atoms with Gasteiger partial charge in [0.1, 0.15) is 5.82 Å². The Morgan fingerprint density at radius 3 is 2.60 bits per heavy atom. The predicted molar refractivity (Wildman–Crippen MR) is 93.4 cm³/mol. The van der Waals surface area contributed by atoms with E-state index in [9.17, 15) is 14.0 Å². The van der Waals surface area contributed by atoms with Gasteiger partial charge in [0, 0.05) is 19.1 Å². The van der Waals surface area contributed by atoms with Crippen LogP contribution in [0.1, 0.15) is 31.2 Å². The second-order valence-electron chi connectivity index (χ2n) is 7.09. The highest BCUT2D eigenvalue weighted by Crippen LogP contribution is 2.28. The van der Waals surface area contributed by atoms with E-state index in [1.807, 2.05) is 4.90 Å². The normalized spacial score (nSPS) is 18.2. The van der Waals surface area contributed by atoms with Crippen molar-refractivity contribution in [1.82, 2.24) is 15.5 Å². The molecular weight excluding hydrogens is 321 g/mol. The maximum Gasteiger partial charge on any atom is 0.241 e. The predicted octanol–water partition coefficient (Wildman–Crippen LogP) is 1.47. The molecule has 2 amide bonds. The van der Waals surface area contributed by atoms with Crippen LogP contribution in [0.15, 0.2) is 24.3 Å². The van der Waals surface area contributed by atoms with Gasteiger partial charge in [-0.15, -0.1) is 0 Å². The zero-order valence-electron chi connectivity index (χ0n) is 14.5. The molecule has 1 aliphatic heterocycles. The van der Waals surface area contributed by atoms with Gasteiger partial charge in [0.05, 0.1) is 13.0 Å². The van der Waals surface area contributed by atoms with Crippen molar-refractivity contribution in [2.45, 2.75) is 38.1 Å². The molecule has 25 heavy (non-hydrogen) atoms. The number of benzene rings is 1. The molecule has 2 N–H and O–H groups in total. The fourth-order valence-corrected chi connectivity index (χ4v) is 3.17. The topological polar surface area (TPSA) is 61.4 Å². The monoisotopic (exact) mass is 347 g/mol. The SMILES string of the molecule is O=C(Cc1cccc(F)c1)NCC(=O)N1CCC(NCC2CC2)CC1. The van der Waals surface area contributed by atoms with Gasteiger partial charge in [-0.25, -0.2) is 4.39 Å². The van der Waals surface area contributed by atoms with Crippen LogP contribution < -0.4 is 10.6 Å². The summed E-state index contributed by atoms with van der Waals surface area (Å²) in [5.41, 5.74) is 0.604. The number of carbonyl (C=O) groups is 2.